The molecule has 0 spiro atoms. The average Bonchev–Trinajstić information content (AvgIpc) is 2.69. The summed E-state index contributed by atoms with van der Waals surface area (Å²) in [5.41, 5.74) is 0.750. The fourth-order valence-electron chi connectivity index (χ4n) is 3.57. The van der Waals surface area contributed by atoms with E-state index in [2.05, 4.69) is 4.90 Å². The van der Waals surface area contributed by atoms with Gasteiger partial charge in [0.25, 0.3) is 0 Å². The first-order valence-electron chi connectivity index (χ1n) is 7.70. The van der Waals surface area contributed by atoms with Crippen LogP contribution in [-0.4, -0.2) is 53.6 Å². The maximum atomic E-state index is 12.4. The lowest BCUT2D eigenvalue weighted by atomic mass is 10.00. The summed E-state index contributed by atoms with van der Waals surface area (Å²) in [4.78, 5) is 26.3. The van der Waals surface area contributed by atoms with Crippen LogP contribution in [-0.2, 0) is 14.3 Å². The summed E-state index contributed by atoms with van der Waals surface area (Å²) >= 11 is 0. The molecule has 2 heterocycles. The number of ketones is 1. The van der Waals surface area contributed by atoms with Gasteiger partial charge < -0.3 is 9.84 Å². The molecule has 2 saturated heterocycles. The minimum Gasteiger partial charge on any atom is -0.460 e. The molecule has 1 aromatic rings. The van der Waals surface area contributed by atoms with E-state index in [0.717, 1.165) is 5.56 Å². The van der Waals surface area contributed by atoms with E-state index in [-0.39, 0.29) is 30.6 Å². The van der Waals surface area contributed by atoms with E-state index in [1.165, 1.54) is 0 Å². The Labute approximate surface area is 129 Å². The summed E-state index contributed by atoms with van der Waals surface area (Å²) in [6, 6.07) is 9.30. The first-order valence-corrected chi connectivity index (χ1v) is 7.70. The number of hydrogen-bond acceptors (Lipinski definition) is 5. The standard InChI is InChI=1S/C17H21NO4/c1-18-12-7-13(20)9-15(18)16(8-12)22-17(21)14(10-19)11-5-3-2-4-6-11/h2-6,12,14-16,19H,7-10H2,1H3/t12-,14+,15+,16-/m0/s1. The molecule has 1 aromatic carbocycles. The lowest BCUT2D eigenvalue weighted by Crippen LogP contribution is -2.43. The van der Waals surface area contributed by atoms with E-state index in [4.69, 9.17) is 4.74 Å². The monoisotopic (exact) mass is 303 g/mol. The van der Waals surface area contributed by atoms with Gasteiger partial charge in [-0.3, -0.25) is 14.5 Å². The number of likely N-dealkylation sites (N-methyl/N-ethyl adjacent to an activating group) is 1. The van der Waals surface area contributed by atoms with E-state index < -0.39 is 11.9 Å². The second-order valence-electron chi connectivity index (χ2n) is 6.19. The number of ether oxygens (including phenoxy) is 1. The lowest BCUT2D eigenvalue weighted by Gasteiger charge is -2.31. The van der Waals surface area contributed by atoms with Gasteiger partial charge in [0.05, 0.1) is 12.6 Å². The highest BCUT2D eigenvalue weighted by atomic mass is 16.5. The molecule has 0 unspecified atom stereocenters. The molecular weight excluding hydrogens is 282 g/mol. The van der Waals surface area contributed by atoms with Crippen molar-refractivity contribution in [1.29, 1.82) is 0 Å². The molecule has 5 nitrogen and oxygen atoms in total. The zero-order chi connectivity index (χ0) is 15.7. The number of hydrogen-bond donors (Lipinski definition) is 1. The van der Waals surface area contributed by atoms with Crippen molar-refractivity contribution in [3.63, 3.8) is 0 Å². The number of benzene rings is 1. The summed E-state index contributed by atoms with van der Waals surface area (Å²) in [5.74, 6) is -0.830. The second-order valence-corrected chi connectivity index (χ2v) is 6.19. The number of aliphatic hydroxyl groups excluding tert-OH is 1. The van der Waals surface area contributed by atoms with E-state index in [1.54, 1.807) is 0 Å². The number of rotatable bonds is 4. The molecular formula is C17H21NO4. The molecule has 118 valence electrons. The molecule has 5 heteroatoms. The zero-order valence-electron chi connectivity index (χ0n) is 12.6. The van der Waals surface area contributed by atoms with Gasteiger partial charge in [0, 0.05) is 25.3 Å². The Hall–Kier alpha value is -1.72. The first kappa shape index (κ1) is 15.2. The van der Waals surface area contributed by atoms with Crippen LogP contribution in [0, 0.1) is 0 Å². The number of nitrogens with zero attached hydrogens (tertiary/aromatic N) is 1. The molecule has 22 heavy (non-hydrogen) atoms. The smallest absolute Gasteiger partial charge is 0.316 e. The van der Waals surface area contributed by atoms with Gasteiger partial charge in [0.1, 0.15) is 17.8 Å². The minimum absolute atomic E-state index is 0.0229. The average molecular weight is 303 g/mol. The van der Waals surface area contributed by atoms with Crippen molar-refractivity contribution in [2.24, 2.45) is 0 Å². The highest BCUT2D eigenvalue weighted by Gasteiger charge is 2.46. The van der Waals surface area contributed by atoms with Gasteiger partial charge in [0.2, 0.25) is 0 Å². The molecule has 0 aromatic heterocycles. The van der Waals surface area contributed by atoms with Crippen LogP contribution in [0.3, 0.4) is 0 Å². The summed E-state index contributed by atoms with van der Waals surface area (Å²) in [6.07, 6.45) is 1.43. The molecule has 1 N–H and O–H groups in total. The van der Waals surface area contributed by atoms with Crippen LogP contribution in [0.5, 0.6) is 0 Å². The van der Waals surface area contributed by atoms with Crippen LogP contribution in [0.4, 0.5) is 0 Å². The molecule has 0 amide bonds. The number of piperidine rings is 1. The number of carbonyl (C=O) groups excluding carboxylic acids is 2. The Bertz CT molecular complexity index is 559. The second kappa shape index (κ2) is 6.18. The summed E-state index contributed by atoms with van der Waals surface area (Å²) in [6.45, 7) is -0.279. The van der Waals surface area contributed by atoms with E-state index >= 15 is 0 Å². The molecule has 2 aliphatic rings. The summed E-state index contributed by atoms with van der Waals surface area (Å²) < 4.78 is 5.66. The normalized spacial score (nSPS) is 29.4. The molecule has 0 radical (unpaired) electrons. The van der Waals surface area contributed by atoms with Crippen molar-refractivity contribution < 1.29 is 19.4 Å². The molecule has 2 aliphatic heterocycles. The van der Waals surface area contributed by atoms with Crippen molar-refractivity contribution in [2.75, 3.05) is 13.7 Å². The van der Waals surface area contributed by atoms with Crippen molar-refractivity contribution >= 4 is 11.8 Å². The van der Waals surface area contributed by atoms with Crippen LogP contribution in [0.2, 0.25) is 0 Å². The lowest BCUT2D eigenvalue weighted by molar-refractivity contribution is -0.153. The number of esters is 1. The highest BCUT2D eigenvalue weighted by molar-refractivity contribution is 5.82. The fraction of sp³-hybridized carbons (Fsp3) is 0.529. The van der Waals surface area contributed by atoms with Crippen molar-refractivity contribution in [3.8, 4) is 0 Å². The first-order chi connectivity index (χ1) is 10.6. The summed E-state index contributed by atoms with van der Waals surface area (Å²) in [7, 11) is 1.98. The van der Waals surface area contributed by atoms with Crippen LogP contribution in [0.15, 0.2) is 30.3 Å². The topological polar surface area (TPSA) is 66.8 Å². The van der Waals surface area contributed by atoms with Crippen molar-refractivity contribution in [2.45, 2.75) is 43.4 Å². The van der Waals surface area contributed by atoms with Crippen LogP contribution in [0.1, 0.15) is 30.7 Å². The minimum atomic E-state index is -0.664. The van der Waals surface area contributed by atoms with Crippen LogP contribution in [0.25, 0.3) is 0 Å². The quantitative estimate of drug-likeness (QED) is 0.844. The Morgan fingerprint density at radius 3 is 2.77 bits per heavy atom. The van der Waals surface area contributed by atoms with Crippen molar-refractivity contribution in [1.82, 2.24) is 4.90 Å². The van der Waals surface area contributed by atoms with Gasteiger partial charge in [0.15, 0.2) is 0 Å². The highest BCUT2D eigenvalue weighted by Crippen LogP contribution is 2.35. The fourth-order valence-corrected chi connectivity index (χ4v) is 3.57. The van der Waals surface area contributed by atoms with Gasteiger partial charge >= 0.3 is 5.97 Å². The molecule has 3 rings (SSSR count). The van der Waals surface area contributed by atoms with E-state index in [1.807, 2.05) is 37.4 Å². The van der Waals surface area contributed by atoms with Crippen LogP contribution >= 0.6 is 0 Å². The Morgan fingerprint density at radius 2 is 2.09 bits per heavy atom. The summed E-state index contributed by atoms with van der Waals surface area (Å²) in [5, 5.41) is 9.54. The maximum Gasteiger partial charge on any atom is 0.316 e. The Balaban J connectivity index is 1.70. The third-order valence-corrected chi connectivity index (χ3v) is 4.87. The predicted octanol–water partition coefficient (Wildman–Crippen LogP) is 1.11. The molecule has 2 bridgehead atoms. The van der Waals surface area contributed by atoms with Gasteiger partial charge in [-0.1, -0.05) is 30.3 Å². The van der Waals surface area contributed by atoms with Gasteiger partial charge in [-0.2, -0.15) is 0 Å². The largest absolute Gasteiger partial charge is 0.460 e. The molecule has 0 saturated carbocycles. The SMILES string of the molecule is CN1[C@H]2CC(=O)C[C@@H]1[C@@H](OC(=O)[C@H](CO)c1ccccc1)C2. The third kappa shape index (κ3) is 2.78. The molecule has 0 aliphatic carbocycles. The Kier molecular flexibility index (Phi) is 4.27. The maximum absolute atomic E-state index is 12.4. The van der Waals surface area contributed by atoms with Gasteiger partial charge in [-0.05, 0) is 12.6 Å². The van der Waals surface area contributed by atoms with Crippen molar-refractivity contribution in [3.05, 3.63) is 35.9 Å². The van der Waals surface area contributed by atoms with Gasteiger partial charge in [-0.25, -0.2) is 0 Å². The Morgan fingerprint density at radius 1 is 1.36 bits per heavy atom. The number of Topliss-reactive ketones (excluding diaryl/α,β-unsaturated/α-hetero) is 1. The zero-order valence-corrected chi connectivity index (χ0v) is 12.6. The van der Waals surface area contributed by atoms with E-state index in [9.17, 15) is 14.7 Å². The number of carbonyl (C=O) groups is 2. The third-order valence-electron chi connectivity index (χ3n) is 4.87. The number of aliphatic hydroxyl groups is 1. The molecule has 4 atom stereocenters. The van der Waals surface area contributed by atoms with Crippen LogP contribution < -0.4 is 0 Å². The number of fused-ring (bicyclic) bond motifs is 2. The van der Waals surface area contributed by atoms with E-state index in [0.29, 0.717) is 19.3 Å². The molecule has 2 fully saturated rings. The predicted molar refractivity (Wildman–Crippen MR) is 80.3 cm³/mol. The van der Waals surface area contributed by atoms with Gasteiger partial charge in [-0.15, -0.1) is 0 Å².